The summed E-state index contributed by atoms with van der Waals surface area (Å²) in [5.74, 6) is -0.223. The Kier molecular flexibility index (Phi) is 7.30. The van der Waals surface area contributed by atoms with Crippen molar-refractivity contribution in [2.45, 2.75) is 52.5 Å². The summed E-state index contributed by atoms with van der Waals surface area (Å²) < 4.78 is 0. The second-order valence-corrected chi connectivity index (χ2v) is 4.80. The van der Waals surface area contributed by atoms with Crippen LogP contribution in [-0.4, -0.2) is 28.9 Å². The molecular formula is C12H24N2OS. The number of thiocarbonyl (C=S) groups is 1. The molecule has 0 aromatic heterocycles. The number of carbonyl (C=O) groups excluding carboxylic acids is 1. The molecule has 0 bridgehead atoms. The largest absolute Gasteiger partial charge is 0.393 e. The zero-order valence-corrected chi connectivity index (χ0v) is 11.6. The lowest BCUT2D eigenvalue weighted by atomic mass is 10.0. The van der Waals surface area contributed by atoms with Crippen molar-refractivity contribution in [1.82, 2.24) is 4.90 Å². The summed E-state index contributed by atoms with van der Waals surface area (Å²) in [6.45, 7) is 6.21. The molecule has 16 heavy (non-hydrogen) atoms. The van der Waals surface area contributed by atoms with Gasteiger partial charge in [-0.05, 0) is 19.8 Å². The Balaban J connectivity index is 4.53. The molecule has 4 heteroatoms. The van der Waals surface area contributed by atoms with Crippen LogP contribution in [0.3, 0.4) is 0 Å². The first kappa shape index (κ1) is 15.4. The van der Waals surface area contributed by atoms with Crippen LogP contribution in [0.15, 0.2) is 0 Å². The third-order valence-corrected chi connectivity index (χ3v) is 3.22. The van der Waals surface area contributed by atoms with Crippen molar-refractivity contribution in [3.63, 3.8) is 0 Å². The van der Waals surface area contributed by atoms with Crippen LogP contribution in [0.25, 0.3) is 0 Å². The zero-order chi connectivity index (χ0) is 12.7. The fraction of sp³-hybridized carbons (Fsp3) is 0.833. The lowest BCUT2D eigenvalue weighted by Gasteiger charge is -2.28. The number of hydrogen-bond donors (Lipinski definition) is 1. The summed E-state index contributed by atoms with van der Waals surface area (Å²) in [6.07, 6.45) is 3.75. The van der Waals surface area contributed by atoms with Crippen molar-refractivity contribution in [2.75, 3.05) is 7.05 Å². The molecule has 2 N–H and O–H groups in total. The van der Waals surface area contributed by atoms with E-state index in [9.17, 15) is 4.79 Å². The summed E-state index contributed by atoms with van der Waals surface area (Å²) in [5.41, 5.74) is 5.62. The van der Waals surface area contributed by atoms with E-state index in [4.69, 9.17) is 18.0 Å². The van der Waals surface area contributed by atoms with Gasteiger partial charge in [0.1, 0.15) is 0 Å². The standard InChI is InChI=1S/C12H24N2OS/c1-5-7-9(3)14(4)12(15)10(8-6-2)11(13)16/h9-10H,5-8H2,1-4H3,(H2,13,16). The third kappa shape index (κ3) is 4.47. The summed E-state index contributed by atoms with van der Waals surface area (Å²) in [4.78, 5) is 14.3. The highest BCUT2D eigenvalue weighted by atomic mass is 32.1. The van der Waals surface area contributed by atoms with E-state index in [1.807, 2.05) is 14.0 Å². The molecule has 0 aromatic carbocycles. The Morgan fingerprint density at radius 2 is 1.81 bits per heavy atom. The first-order valence-electron chi connectivity index (χ1n) is 6.01. The van der Waals surface area contributed by atoms with Gasteiger partial charge in [-0.2, -0.15) is 0 Å². The van der Waals surface area contributed by atoms with Crippen LogP contribution in [0.4, 0.5) is 0 Å². The Morgan fingerprint density at radius 1 is 1.31 bits per heavy atom. The van der Waals surface area contributed by atoms with Gasteiger partial charge in [0.25, 0.3) is 0 Å². The van der Waals surface area contributed by atoms with Crippen molar-refractivity contribution < 1.29 is 4.79 Å². The van der Waals surface area contributed by atoms with E-state index in [1.165, 1.54) is 0 Å². The quantitative estimate of drug-likeness (QED) is 0.699. The maximum Gasteiger partial charge on any atom is 0.232 e. The minimum absolute atomic E-state index is 0.0651. The molecule has 0 aromatic rings. The van der Waals surface area contributed by atoms with E-state index < -0.39 is 0 Å². The van der Waals surface area contributed by atoms with Gasteiger partial charge in [0, 0.05) is 13.1 Å². The Labute approximate surface area is 104 Å². The second-order valence-electron chi connectivity index (χ2n) is 4.33. The smallest absolute Gasteiger partial charge is 0.232 e. The van der Waals surface area contributed by atoms with Crippen LogP contribution in [0, 0.1) is 5.92 Å². The highest BCUT2D eigenvalue weighted by Gasteiger charge is 2.25. The fourth-order valence-electron chi connectivity index (χ4n) is 1.75. The van der Waals surface area contributed by atoms with Gasteiger partial charge in [0.15, 0.2) is 0 Å². The molecule has 3 nitrogen and oxygen atoms in total. The molecule has 0 fully saturated rings. The van der Waals surface area contributed by atoms with Crippen LogP contribution in [0.1, 0.15) is 46.5 Å². The number of carbonyl (C=O) groups is 1. The molecule has 2 atom stereocenters. The first-order valence-corrected chi connectivity index (χ1v) is 6.42. The zero-order valence-electron chi connectivity index (χ0n) is 10.8. The van der Waals surface area contributed by atoms with Crippen LogP contribution in [0.5, 0.6) is 0 Å². The van der Waals surface area contributed by atoms with Crippen molar-refractivity contribution >= 4 is 23.1 Å². The van der Waals surface area contributed by atoms with Gasteiger partial charge in [0.2, 0.25) is 5.91 Å². The van der Waals surface area contributed by atoms with Gasteiger partial charge in [-0.1, -0.05) is 38.9 Å². The SMILES string of the molecule is CCCC(C(=O)N(C)C(C)CCC)C(N)=S. The molecule has 0 saturated heterocycles. The second kappa shape index (κ2) is 7.60. The van der Waals surface area contributed by atoms with Crippen LogP contribution < -0.4 is 5.73 Å². The Morgan fingerprint density at radius 3 is 2.19 bits per heavy atom. The number of nitrogens with zero attached hydrogens (tertiary/aromatic N) is 1. The number of nitrogens with two attached hydrogens (primary N) is 1. The molecule has 0 aliphatic heterocycles. The van der Waals surface area contributed by atoms with Crippen LogP contribution in [-0.2, 0) is 4.79 Å². The maximum absolute atomic E-state index is 12.1. The summed E-state index contributed by atoms with van der Waals surface area (Å²) >= 11 is 4.96. The number of hydrogen-bond acceptors (Lipinski definition) is 2. The lowest BCUT2D eigenvalue weighted by Crippen LogP contribution is -2.43. The number of amides is 1. The molecule has 0 rings (SSSR count). The Bertz CT molecular complexity index is 243. The fourth-order valence-corrected chi connectivity index (χ4v) is 1.97. The summed E-state index contributed by atoms with van der Waals surface area (Å²) in [6, 6.07) is 0.256. The third-order valence-electron chi connectivity index (χ3n) is 2.93. The van der Waals surface area contributed by atoms with Crippen LogP contribution >= 0.6 is 12.2 Å². The molecule has 0 saturated carbocycles. The highest BCUT2D eigenvalue weighted by molar-refractivity contribution is 7.80. The van der Waals surface area contributed by atoms with Crippen molar-refractivity contribution in [1.29, 1.82) is 0 Å². The number of rotatable bonds is 7. The Hall–Kier alpha value is -0.640. The first-order chi connectivity index (χ1) is 7.45. The lowest BCUT2D eigenvalue weighted by molar-refractivity contribution is -0.134. The van der Waals surface area contributed by atoms with Crippen molar-refractivity contribution in [2.24, 2.45) is 11.7 Å². The van der Waals surface area contributed by atoms with Gasteiger partial charge in [-0.15, -0.1) is 0 Å². The molecule has 0 spiro atoms. The minimum Gasteiger partial charge on any atom is -0.393 e. The van der Waals surface area contributed by atoms with Gasteiger partial charge in [-0.25, -0.2) is 0 Å². The van der Waals surface area contributed by atoms with E-state index in [2.05, 4.69) is 13.8 Å². The average Bonchev–Trinajstić information content (AvgIpc) is 2.23. The molecule has 94 valence electrons. The topological polar surface area (TPSA) is 46.3 Å². The van der Waals surface area contributed by atoms with E-state index in [0.717, 1.165) is 25.7 Å². The van der Waals surface area contributed by atoms with Gasteiger partial charge in [0.05, 0.1) is 10.9 Å². The molecule has 0 radical (unpaired) electrons. The highest BCUT2D eigenvalue weighted by Crippen LogP contribution is 2.14. The van der Waals surface area contributed by atoms with E-state index >= 15 is 0 Å². The molecule has 2 unspecified atom stereocenters. The van der Waals surface area contributed by atoms with E-state index in [0.29, 0.717) is 4.99 Å². The van der Waals surface area contributed by atoms with Gasteiger partial charge in [-0.3, -0.25) is 4.79 Å². The maximum atomic E-state index is 12.1. The summed E-state index contributed by atoms with van der Waals surface area (Å²) in [5, 5.41) is 0. The van der Waals surface area contributed by atoms with Crippen molar-refractivity contribution in [3.8, 4) is 0 Å². The molecular weight excluding hydrogens is 220 g/mol. The molecule has 1 amide bonds. The molecule has 0 heterocycles. The van der Waals surface area contributed by atoms with Crippen LogP contribution in [0.2, 0.25) is 0 Å². The van der Waals surface area contributed by atoms with Crippen molar-refractivity contribution in [3.05, 3.63) is 0 Å². The predicted molar refractivity (Wildman–Crippen MR) is 72.3 cm³/mol. The van der Waals surface area contributed by atoms with Gasteiger partial charge < -0.3 is 10.6 Å². The van der Waals surface area contributed by atoms with E-state index in [1.54, 1.807) is 4.90 Å². The molecule has 0 aliphatic carbocycles. The average molecular weight is 244 g/mol. The van der Waals surface area contributed by atoms with E-state index in [-0.39, 0.29) is 17.9 Å². The predicted octanol–water partition coefficient (Wildman–Crippen LogP) is 2.34. The normalized spacial score (nSPS) is 14.2. The summed E-state index contributed by atoms with van der Waals surface area (Å²) in [7, 11) is 1.84. The molecule has 0 aliphatic rings. The van der Waals surface area contributed by atoms with Gasteiger partial charge >= 0.3 is 0 Å². The monoisotopic (exact) mass is 244 g/mol. The minimum atomic E-state index is -0.288.